The summed E-state index contributed by atoms with van der Waals surface area (Å²) >= 11 is 0. The Labute approximate surface area is 86.1 Å². The Morgan fingerprint density at radius 1 is 1.53 bits per heavy atom. The second-order valence-corrected chi connectivity index (χ2v) is 2.86. The molecule has 1 heterocycles. The molecule has 1 aromatic rings. The van der Waals surface area contributed by atoms with Crippen molar-refractivity contribution in [3.05, 3.63) is 22.9 Å². The Morgan fingerprint density at radius 3 is 2.67 bits per heavy atom. The lowest BCUT2D eigenvalue weighted by Gasteiger charge is -2.07. The van der Waals surface area contributed by atoms with Gasteiger partial charge in [0.1, 0.15) is 0 Å². The van der Waals surface area contributed by atoms with E-state index in [1.165, 1.54) is 17.0 Å². The van der Waals surface area contributed by atoms with Crippen LogP contribution in [0, 0.1) is 0 Å². The molecule has 84 valence electrons. The first kappa shape index (κ1) is 11.5. The van der Waals surface area contributed by atoms with Crippen molar-refractivity contribution < 1.29 is 13.9 Å². The van der Waals surface area contributed by atoms with Gasteiger partial charge in [0.15, 0.2) is 0 Å². The maximum Gasteiger partial charge on any atom is 0.362 e. The van der Waals surface area contributed by atoms with E-state index in [0.717, 1.165) is 0 Å². The number of esters is 1. The van der Waals surface area contributed by atoms with E-state index >= 15 is 0 Å². The summed E-state index contributed by atoms with van der Waals surface area (Å²) in [4.78, 5) is 22.5. The third-order valence-electron chi connectivity index (χ3n) is 1.94. The minimum atomic E-state index is -2.06. The summed E-state index contributed by atoms with van der Waals surface area (Å²) in [6.45, 7) is 3.85. The van der Waals surface area contributed by atoms with Crippen LogP contribution in [0.4, 0.5) is 4.39 Å². The Kier molecular flexibility index (Phi) is 3.65. The predicted octanol–water partition coefficient (Wildman–Crippen LogP) is 0.701. The van der Waals surface area contributed by atoms with Crippen molar-refractivity contribution in [1.82, 2.24) is 9.13 Å². The Morgan fingerprint density at radius 2 is 2.20 bits per heavy atom. The third kappa shape index (κ3) is 2.26. The third-order valence-corrected chi connectivity index (χ3v) is 1.94. The van der Waals surface area contributed by atoms with Crippen molar-refractivity contribution >= 4 is 5.97 Å². The van der Waals surface area contributed by atoms with Crippen LogP contribution in [0.15, 0.2) is 17.2 Å². The fourth-order valence-corrected chi connectivity index (χ4v) is 1.17. The molecule has 6 heteroatoms. The number of halogens is 1. The van der Waals surface area contributed by atoms with Crippen molar-refractivity contribution in [3.8, 4) is 0 Å². The van der Waals surface area contributed by atoms with Gasteiger partial charge in [-0.15, -0.1) is 0 Å². The molecule has 0 N–H and O–H groups in total. The first-order valence-electron chi connectivity index (χ1n) is 4.69. The van der Waals surface area contributed by atoms with Gasteiger partial charge < -0.3 is 4.74 Å². The molecular weight excluding hydrogens is 203 g/mol. The standard InChI is InChI=1S/C9H13FN2O3/c1-3-11-5-6-12(9(11)14)7(10)8(13)15-4-2/h5-7H,3-4H2,1-2H3. The van der Waals surface area contributed by atoms with Crippen molar-refractivity contribution in [2.75, 3.05) is 6.61 Å². The summed E-state index contributed by atoms with van der Waals surface area (Å²) in [7, 11) is 0. The predicted molar refractivity (Wildman–Crippen MR) is 51.1 cm³/mol. The highest BCUT2D eigenvalue weighted by Gasteiger charge is 2.22. The van der Waals surface area contributed by atoms with Gasteiger partial charge >= 0.3 is 11.7 Å². The molecule has 1 unspecified atom stereocenters. The second-order valence-electron chi connectivity index (χ2n) is 2.86. The summed E-state index contributed by atoms with van der Waals surface area (Å²) in [6, 6.07) is 0. The Bertz CT molecular complexity index is 396. The molecule has 0 aliphatic heterocycles. The van der Waals surface area contributed by atoms with Gasteiger partial charge in [0.25, 0.3) is 6.30 Å². The van der Waals surface area contributed by atoms with Gasteiger partial charge in [0, 0.05) is 18.9 Å². The number of nitrogens with zero attached hydrogens (tertiary/aromatic N) is 2. The molecule has 1 rings (SSSR count). The largest absolute Gasteiger partial charge is 0.462 e. The van der Waals surface area contributed by atoms with Gasteiger partial charge in [-0.25, -0.2) is 14.0 Å². The van der Waals surface area contributed by atoms with Crippen LogP contribution in [0.5, 0.6) is 0 Å². The van der Waals surface area contributed by atoms with Crippen LogP contribution in [-0.2, 0) is 16.1 Å². The van der Waals surface area contributed by atoms with Gasteiger partial charge in [0.05, 0.1) is 6.61 Å². The number of aryl methyl sites for hydroxylation is 1. The van der Waals surface area contributed by atoms with Gasteiger partial charge in [-0.3, -0.25) is 9.13 Å². The SMILES string of the molecule is CCOC(=O)C(F)n1ccn(CC)c1=O. The van der Waals surface area contributed by atoms with Crippen LogP contribution >= 0.6 is 0 Å². The van der Waals surface area contributed by atoms with Crippen LogP contribution in [0.25, 0.3) is 0 Å². The smallest absolute Gasteiger partial charge is 0.362 e. The molecule has 0 saturated carbocycles. The van der Waals surface area contributed by atoms with E-state index in [1.807, 2.05) is 0 Å². The highest BCUT2D eigenvalue weighted by Crippen LogP contribution is 2.07. The van der Waals surface area contributed by atoms with Gasteiger partial charge in [0.2, 0.25) is 0 Å². The zero-order valence-electron chi connectivity index (χ0n) is 8.64. The van der Waals surface area contributed by atoms with Gasteiger partial charge in [-0.2, -0.15) is 0 Å². The van der Waals surface area contributed by atoms with Crippen molar-refractivity contribution in [2.24, 2.45) is 0 Å². The summed E-state index contributed by atoms with van der Waals surface area (Å²) in [5.74, 6) is -1.05. The fourth-order valence-electron chi connectivity index (χ4n) is 1.17. The van der Waals surface area contributed by atoms with Crippen molar-refractivity contribution in [3.63, 3.8) is 0 Å². The van der Waals surface area contributed by atoms with Gasteiger partial charge in [-0.1, -0.05) is 0 Å². The highest BCUT2D eigenvalue weighted by molar-refractivity contribution is 5.72. The topological polar surface area (TPSA) is 53.2 Å². The molecule has 0 fully saturated rings. The molecule has 0 aromatic carbocycles. The monoisotopic (exact) mass is 216 g/mol. The maximum absolute atomic E-state index is 13.4. The normalized spacial score (nSPS) is 12.5. The molecule has 0 bridgehead atoms. The van der Waals surface area contributed by atoms with E-state index in [2.05, 4.69) is 4.74 Å². The minimum absolute atomic E-state index is 0.0858. The fraction of sp³-hybridized carbons (Fsp3) is 0.556. The molecular formula is C9H13FN2O3. The van der Waals surface area contributed by atoms with Crippen LogP contribution in [0.3, 0.4) is 0 Å². The number of hydrogen-bond acceptors (Lipinski definition) is 3. The summed E-state index contributed by atoms with van der Waals surface area (Å²) < 4.78 is 19.9. The zero-order valence-corrected chi connectivity index (χ0v) is 8.64. The minimum Gasteiger partial charge on any atom is -0.462 e. The first-order chi connectivity index (χ1) is 7.11. The molecule has 0 radical (unpaired) electrons. The van der Waals surface area contributed by atoms with E-state index in [1.54, 1.807) is 13.8 Å². The number of hydrogen-bond donors (Lipinski definition) is 0. The number of ether oxygens (including phenoxy) is 1. The second kappa shape index (κ2) is 4.77. The quantitative estimate of drug-likeness (QED) is 0.696. The zero-order chi connectivity index (χ0) is 11.4. The molecule has 0 aliphatic carbocycles. The maximum atomic E-state index is 13.4. The molecule has 0 amide bonds. The summed E-state index contributed by atoms with van der Waals surface area (Å²) in [5.41, 5.74) is -0.557. The molecule has 1 atom stereocenters. The Balaban J connectivity index is 2.91. The lowest BCUT2D eigenvalue weighted by atomic mass is 10.6. The summed E-state index contributed by atoms with van der Waals surface area (Å²) in [6.07, 6.45) is 0.590. The number of carbonyl (C=O) groups is 1. The van der Waals surface area contributed by atoms with E-state index < -0.39 is 18.0 Å². The van der Waals surface area contributed by atoms with E-state index in [9.17, 15) is 14.0 Å². The van der Waals surface area contributed by atoms with Crippen LogP contribution in [0.1, 0.15) is 20.1 Å². The molecule has 5 nitrogen and oxygen atoms in total. The molecule has 0 spiro atoms. The average Bonchev–Trinajstić information content (AvgIpc) is 2.59. The molecule has 0 saturated heterocycles. The number of rotatable bonds is 4. The highest BCUT2D eigenvalue weighted by atomic mass is 19.1. The van der Waals surface area contributed by atoms with Crippen LogP contribution < -0.4 is 5.69 Å². The van der Waals surface area contributed by atoms with Crippen LogP contribution in [0.2, 0.25) is 0 Å². The number of alkyl halides is 1. The van der Waals surface area contributed by atoms with E-state index in [-0.39, 0.29) is 6.61 Å². The average molecular weight is 216 g/mol. The number of aromatic nitrogens is 2. The molecule has 1 aromatic heterocycles. The Hall–Kier alpha value is -1.59. The summed E-state index contributed by atoms with van der Waals surface area (Å²) in [5, 5.41) is 0. The van der Waals surface area contributed by atoms with Crippen molar-refractivity contribution in [2.45, 2.75) is 26.7 Å². The van der Waals surface area contributed by atoms with E-state index in [4.69, 9.17) is 0 Å². The lowest BCUT2D eigenvalue weighted by Crippen LogP contribution is -2.29. The molecule has 0 aliphatic rings. The van der Waals surface area contributed by atoms with E-state index in [0.29, 0.717) is 11.1 Å². The first-order valence-corrected chi connectivity index (χ1v) is 4.69. The lowest BCUT2D eigenvalue weighted by molar-refractivity contribution is -0.153. The van der Waals surface area contributed by atoms with Crippen molar-refractivity contribution in [1.29, 1.82) is 0 Å². The van der Waals surface area contributed by atoms with Crippen LogP contribution in [-0.4, -0.2) is 21.7 Å². The molecule has 15 heavy (non-hydrogen) atoms. The van der Waals surface area contributed by atoms with Gasteiger partial charge in [-0.05, 0) is 13.8 Å². The number of carbonyl (C=O) groups excluding carboxylic acids is 1. The number of imidazole rings is 1.